The van der Waals surface area contributed by atoms with Crippen LogP contribution in [0, 0.1) is 10.1 Å². The number of hydrogen-bond donors (Lipinski definition) is 2. The van der Waals surface area contributed by atoms with Crippen molar-refractivity contribution < 1.29 is 14.8 Å². The Hall–Kier alpha value is -1.37. The summed E-state index contributed by atoms with van der Waals surface area (Å²) in [5.41, 5.74) is -1.15. The Balaban J connectivity index is 2.12. The molecular weight excluding hydrogens is 272 g/mol. The molecule has 1 saturated heterocycles. The van der Waals surface area contributed by atoms with Crippen LogP contribution in [0.1, 0.15) is 12.8 Å². The van der Waals surface area contributed by atoms with Gasteiger partial charge < -0.3 is 15.2 Å². The standard InChI is InChI=1S/C12H15ClN2O4/c13-9-2-1-3-10(15(17)18)11(9)19-8-12(16)4-6-14-7-5-12/h1-3,14,16H,4-8H2. The number of halogens is 1. The van der Waals surface area contributed by atoms with E-state index in [2.05, 4.69) is 5.32 Å². The summed E-state index contributed by atoms with van der Waals surface area (Å²) in [5.74, 6) is 0.0149. The molecule has 0 aromatic heterocycles. The number of benzene rings is 1. The summed E-state index contributed by atoms with van der Waals surface area (Å²) in [6, 6.07) is 4.34. The highest BCUT2D eigenvalue weighted by atomic mass is 35.5. The second-order valence-corrected chi connectivity index (χ2v) is 5.02. The number of aliphatic hydroxyl groups is 1. The van der Waals surface area contributed by atoms with E-state index in [-0.39, 0.29) is 23.1 Å². The minimum absolute atomic E-state index is 0.000741. The molecule has 6 nitrogen and oxygen atoms in total. The first kappa shape index (κ1) is 14.0. The molecule has 2 N–H and O–H groups in total. The van der Waals surface area contributed by atoms with E-state index in [9.17, 15) is 15.2 Å². The lowest BCUT2D eigenvalue weighted by Crippen LogP contribution is -2.46. The molecule has 0 spiro atoms. The molecule has 0 bridgehead atoms. The van der Waals surface area contributed by atoms with Crippen molar-refractivity contribution in [2.24, 2.45) is 0 Å². The summed E-state index contributed by atoms with van der Waals surface area (Å²) in [7, 11) is 0. The van der Waals surface area contributed by atoms with Gasteiger partial charge in [0, 0.05) is 6.07 Å². The third kappa shape index (κ3) is 3.34. The largest absolute Gasteiger partial charge is 0.483 e. The van der Waals surface area contributed by atoms with Crippen molar-refractivity contribution in [1.29, 1.82) is 0 Å². The topological polar surface area (TPSA) is 84.6 Å². The van der Waals surface area contributed by atoms with Gasteiger partial charge in [-0.3, -0.25) is 10.1 Å². The minimum Gasteiger partial charge on any atom is -0.483 e. The van der Waals surface area contributed by atoms with Crippen LogP contribution in [0.15, 0.2) is 18.2 Å². The molecule has 1 heterocycles. The van der Waals surface area contributed by atoms with E-state index in [1.807, 2.05) is 0 Å². The highest BCUT2D eigenvalue weighted by molar-refractivity contribution is 6.32. The van der Waals surface area contributed by atoms with Gasteiger partial charge in [0.2, 0.25) is 5.75 Å². The van der Waals surface area contributed by atoms with Gasteiger partial charge in [-0.25, -0.2) is 0 Å². The van der Waals surface area contributed by atoms with E-state index < -0.39 is 10.5 Å². The van der Waals surface area contributed by atoms with Gasteiger partial charge in [0.25, 0.3) is 0 Å². The number of hydrogen-bond acceptors (Lipinski definition) is 5. The Kier molecular flexibility index (Phi) is 4.24. The molecule has 104 valence electrons. The molecule has 1 aromatic carbocycles. The van der Waals surface area contributed by atoms with E-state index in [0.29, 0.717) is 25.9 Å². The zero-order chi connectivity index (χ0) is 13.9. The van der Waals surface area contributed by atoms with E-state index in [1.54, 1.807) is 0 Å². The SMILES string of the molecule is O=[N+]([O-])c1cccc(Cl)c1OCC1(O)CCNCC1. The number of nitrogens with zero attached hydrogens (tertiary/aromatic N) is 1. The quantitative estimate of drug-likeness (QED) is 0.650. The molecule has 0 atom stereocenters. The van der Waals surface area contributed by atoms with Crippen molar-refractivity contribution in [3.05, 3.63) is 33.3 Å². The molecule has 0 amide bonds. The van der Waals surface area contributed by atoms with Gasteiger partial charge >= 0.3 is 5.69 Å². The van der Waals surface area contributed by atoms with Crippen molar-refractivity contribution in [2.75, 3.05) is 19.7 Å². The minimum atomic E-state index is -0.960. The van der Waals surface area contributed by atoms with Crippen LogP contribution < -0.4 is 10.1 Å². The molecule has 2 rings (SSSR count). The predicted molar refractivity (Wildman–Crippen MR) is 70.7 cm³/mol. The van der Waals surface area contributed by atoms with Crippen LogP contribution in [0.2, 0.25) is 5.02 Å². The highest BCUT2D eigenvalue weighted by Gasteiger charge is 2.31. The lowest BCUT2D eigenvalue weighted by molar-refractivity contribution is -0.386. The average Bonchev–Trinajstić information content (AvgIpc) is 2.38. The Morgan fingerprint density at radius 2 is 2.16 bits per heavy atom. The maximum absolute atomic E-state index is 10.9. The van der Waals surface area contributed by atoms with Crippen LogP contribution in [0.25, 0.3) is 0 Å². The van der Waals surface area contributed by atoms with Gasteiger partial charge in [-0.1, -0.05) is 17.7 Å². The maximum Gasteiger partial charge on any atom is 0.312 e. The Bertz CT molecular complexity index is 475. The van der Waals surface area contributed by atoms with Gasteiger partial charge in [0.05, 0.1) is 9.95 Å². The van der Waals surface area contributed by atoms with Crippen molar-refractivity contribution >= 4 is 17.3 Å². The molecule has 1 aromatic rings. The molecular formula is C12H15ClN2O4. The summed E-state index contributed by atoms with van der Waals surface area (Å²) < 4.78 is 5.42. The second-order valence-electron chi connectivity index (χ2n) is 4.61. The third-order valence-corrected chi connectivity index (χ3v) is 3.46. The van der Waals surface area contributed by atoms with Gasteiger partial charge in [0.1, 0.15) is 12.2 Å². The van der Waals surface area contributed by atoms with Gasteiger partial charge in [0.15, 0.2) is 0 Å². The van der Waals surface area contributed by atoms with Gasteiger partial charge in [-0.2, -0.15) is 0 Å². The monoisotopic (exact) mass is 286 g/mol. The van der Waals surface area contributed by atoms with E-state index in [4.69, 9.17) is 16.3 Å². The van der Waals surface area contributed by atoms with Crippen LogP contribution in [-0.2, 0) is 0 Å². The zero-order valence-corrected chi connectivity index (χ0v) is 11.0. The van der Waals surface area contributed by atoms with Crippen molar-refractivity contribution in [3.8, 4) is 5.75 Å². The normalized spacial score (nSPS) is 18.0. The molecule has 0 saturated carbocycles. The average molecular weight is 287 g/mol. The van der Waals surface area contributed by atoms with Crippen molar-refractivity contribution in [3.63, 3.8) is 0 Å². The van der Waals surface area contributed by atoms with Crippen LogP contribution in [0.3, 0.4) is 0 Å². The Morgan fingerprint density at radius 3 is 2.79 bits per heavy atom. The summed E-state index contributed by atoms with van der Waals surface area (Å²) in [5, 5.41) is 24.5. The van der Waals surface area contributed by atoms with E-state index in [0.717, 1.165) is 0 Å². The molecule has 1 fully saturated rings. The Morgan fingerprint density at radius 1 is 1.47 bits per heavy atom. The number of rotatable bonds is 4. The second kappa shape index (κ2) is 5.73. The lowest BCUT2D eigenvalue weighted by atomic mass is 9.93. The first-order chi connectivity index (χ1) is 9.02. The van der Waals surface area contributed by atoms with Crippen LogP contribution >= 0.6 is 11.6 Å². The molecule has 0 aliphatic carbocycles. The van der Waals surface area contributed by atoms with Gasteiger partial charge in [-0.15, -0.1) is 0 Å². The van der Waals surface area contributed by atoms with Gasteiger partial charge in [-0.05, 0) is 32.0 Å². The summed E-state index contributed by atoms with van der Waals surface area (Å²) >= 11 is 5.91. The fourth-order valence-corrected chi connectivity index (χ4v) is 2.25. The first-order valence-corrected chi connectivity index (χ1v) is 6.38. The molecule has 1 aliphatic rings. The number of piperidine rings is 1. The summed E-state index contributed by atoms with van der Waals surface area (Å²) in [4.78, 5) is 10.4. The number of ether oxygens (including phenoxy) is 1. The van der Waals surface area contributed by atoms with Crippen molar-refractivity contribution in [2.45, 2.75) is 18.4 Å². The number of nitrogens with one attached hydrogen (secondary N) is 1. The molecule has 0 unspecified atom stereocenters. The van der Waals surface area contributed by atoms with Crippen molar-refractivity contribution in [1.82, 2.24) is 5.32 Å². The molecule has 0 radical (unpaired) electrons. The Labute approximate surface area is 115 Å². The van der Waals surface area contributed by atoms with E-state index in [1.165, 1.54) is 18.2 Å². The number of nitro benzene ring substituents is 1. The van der Waals surface area contributed by atoms with Crippen LogP contribution in [-0.4, -0.2) is 35.3 Å². The van der Waals surface area contributed by atoms with Crippen LogP contribution in [0.4, 0.5) is 5.69 Å². The molecule has 7 heteroatoms. The summed E-state index contributed by atoms with van der Waals surface area (Å²) in [6.07, 6.45) is 1.09. The molecule has 1 aliphatic heterocycles. The fourth-order valence-electron chi connectivity index (χ4n) is 2.03. The number of para-hydroxylation sites is 1. The zero-order valence-electron chi connectivity index (χ0n) is 10.3. The number of nitro groups is 1. The smallest absolute Gasteiger partial charge is 0.312 e. The first-order valence-electron chi connectivity index (χ1n) is 6.01. The maximum atomic E-state index is 10.9. The van der Waals surface area contributed by atoms with E-state index >= 15 is 0 Å². The predicted octanol–water partition coefficient (Wildman–Crippen LogP) is 1.74. The fraction of sp³-hybridized carbons (Fsp3) is 0.500. The molecule has 19 heavy (non-hydrogen) atoms. The van der Waals surface area contributed by atoms with Crippen LogP contribution in [0.5, 0.6) is 5.75 Å². The highest BCUT2D eigenvalue weighted by Crippen LogP contribution is 2.35. The summed E-state index contributed by atoms with van der Waals surface area (Å²) in [6.45, 7) is 1.40. The lowest BCUT2D eigenvalue weighted by Gasteiger charge is -2.32. The third-order valence-electron chi connectivity index (χ3n) is 3.16.